The SMILES string of the molecule is CCCCCCCCCCCCCCCCn1cc[n+](CCCCCCCCC)c1CCCCCC. The van der Waals surface area contributed by atoms with Crippen LogP contribution in [0.25, 0.3) is 0 Å². The predicted octanol–water partition coefficient (Wildman–Crippen LogP) is 11.1. The van der Waals surface area contributed by atoms with Gasteiger partial charge in [0.1, 0.15) is 12.4 Å². The number of hydrogen-bond donors (Lipinski definition) is 0. The Bertz CT molecular complexity index is 562. The molecule has 0 N–H and O–H groups in total. The molecule has 1 heterocycles. The molecule has 0 aliphatic carbocycles. The fourth-order valence-corrected chi connectivity index (χ4v) is 5.62. The van der Waals surface area contributed by atoms with E-state index in [9.17, 15) is 0 Å². The lowest BCUT2D eigenvalue weighted by molar-refractivity contribution is -0.704. The molecule has 0 aliphatic rings. The van der Waals surface area contributed by atoms with Crippen molar-refractivity contribution in [2.75, 3.05) is 0 Å². The van der Waals surface area contributed by atoms with Gasteiger partial charge >= 0.3 is 0 Å². The quantitative estimate of drug-likeness (QED) is 0.0794. The zero-order chi connectivity index (χ0) is 25.9. The maximum Gasteiger partial charge on any atom is 0.256 e. The molecule has 2 heteroatoms. The number of hydrogen-bond acceptors (Lipinski definition) is 0. The molecule has 0 fully saturated rings. The molecule has 0 bridgehead atoms. The largest absolute Gasteiger partial charge is 0.256 e. The summed E-state index contributed by atoms with van der Waals surface area (Å²) in [4.78, 5) is 0. The van der Waals surface area contributed by atoms with Crippen molar-refractivity contribution in [2.45, 2.75) is 201 Å². The molecule has 212 valence electrons. The number of aromatic nitrogens is 2. The normalized spacial score (nSPS) is 11.5. The van der Waals surface area contributed by atoms with Crippen LogP contribution in [0.5, 0.6) is 0 Å². The van der Waals surface area contributed by atoms with E-state index in [-0.39, 0.29) is 0 Å². The lowest BCUT2D eigenvalue weighted by Gasteiger charge is -2.07. The standard InChI is InChI=1S/C34H67N2/c1-4-7-10-13-15-16-17-18-19-20-21-23-25-28-31-36-33-32-35(34(36)29-26-12-9-6-3)30-27-24-22-14-11-8-5-2/h32-33H,4-31H2,1-3H3/q+1. The molecule has 0 unspecified atom stereocenters. The average Bonchev–Trinajstić information content (AvgIpc) is 3.27. The summed E-state index contributed by atoms with van der Waals surface area (Å²) in [6.45, 7) is 9.38. The van der Waals surface area contributed by atoms with E-state index in [0.29, 0.717) is 0 Å². The first-order valence-electron chi connectivity index (χ1n) is 16.9. The van der Waals surface area contributed by atoms with Gasteiger partial charge in [-0.15, -0.1) is 0 Å². The van der Waals surface area contributed by atoms with E-state index in [1.54, 1.807) is 5.82 Å². The smallest absolute Gasteiger partial charge is 0.234 e. The highest BCUT2D eigenvalue weighted by Gasteiger charge is 2.16. The summed E-state index contributed by atoms with van der Waals surface area (Å²) in [6, 6.07) is 0. The van der Waals surface area contributed by atoms with Crippen molar-refractivity contribution in [1.29, 1.82) is 0 Å². The maximum atomic E-state index is 2.60. The van der Waals surface area contributed by atoms with E-state index in [1.807, 2.05) is 0 Å². The van der Waals surface area contributed by atoms with E-state index in [4.69, 9.17) is 0 Å². The third-order valence-electron chi connectivity index (χ3n) is 8.10. The molecular formula is C34H67N2+. The van der Waals surface area contributed by atoms with Crippen molar-refractivity contribution in [1.82, 2.24) is 4.57 Å². The molecule has 0 radical (unpaired) electrons. The molecule has 0 amide bonds. The van der Waals surface area contributed by atoms with Gasteiger partial charge in [-0.05, 0) is 32.1 Å². The summed E-state index contributed by atoms with van der Waals surface area (Å²) in [7, 11) is 0. The van der Waals surface area contributed by atoms with Crippen LogP contribution in [0, 0.1) is 0 Å². The van der Waals surface area contributed by atoms with Crippen LogP contribution in [-0.4, -0.2) is 4.57 Å². The van der Waals surface area contributed by atoms with Crippen molar-refractivity contribution in [3.63, 3.8) is 0 Å². The van der Waals surface area contributed by atoms with Crippen LogP contribution in [0.3, 0.4) is 0 Å². The van der Waals surface area contributed by atoms with Crippen molar-refractivity contribution < 1.29 is 4.57 Å². The van der Waals surface area contributed by atoms with E-state index >= 15 is 0 Å². The molecular weight excluding hydrogens is 436 g/mol. The molecule has 1 rings (SSSR count). The second-order valence-electron chi connectivity index (χ2n) is 11.6. The molecule has 0 spiro atoms. The Kier molecular flexibility index (Phi) is 23.9. The van der Waals surface area contributed by atoms with Crippen LogP contribution >= 0.6 is 0 Å². The van der Waals surface area contributed by atoms with E-state index < -0.39 is 0 Å². The molecule has 0 saturated carbocycles. The minimum absolute atomic E-state index is 1.22. The van der Waals surface area contributed by atoms with Crippen LogP contribution in [0.1, 0.15) is 187 Å². The topological polar surface area (TPSA) is 8.81 Å². The van der Waals surface area contributed by atoms with Gasteiger partial charge < -0.3 is 0 Å². The summed E-state index contributed by atoms with van der Waals surface area (Å²) in [5.41, 5.74) is 0. The molecule has 0 saturated heterocycles. The van der Waals surface area contributed by atoms with Crippen molar-refractivity contribution in [2.24, 2.45) is 0 Å². The molecule has 36 heavy (non-hydrogen) atoms. The first kappa shape index (κ1) is 33.2. The van der Waals surface area contributed by atoms with Crippen LogP contribution in [-0.2, 0) is 19.5 Å². The molecule has 1 aromatic heterocycles. The Morgan fingerprint density at radius 1 is 0.472 bits per heavy atom. The summed E-state index contributed by atoms with van der Waals surface area (Å²) >= 11 is 0. The number of imidazole rings is 1. The lowest BCUT2D eigenvalue weighted by Crippen LogP contribution is -2.37. The van der Waals surface area contributed by atoms with Crippen LogP contribution < -0.4 is 4.57 Å². The Labute approximate surface area is 228 Å². The monoisotopic (exact) mass is 504 g/mol. The second-order valence-corrected chi connectivity index (χ2v) is 11.6. The Balaban J connectivity index is 2.19. The first-order valence-corrected chi connectivity index (χ1v) is 16.9. The highest BCUT2D eigenvalue weighted by Crippen LogP contribution is 2.14. The van der Waals surface area contributed by atoms with Gasteiger partial charge in [0, 0.05) is 6.42 Å². The molecule has 0 aromatic carbocycles. The Hall–Kier alpha value is -0.790. The summed E-state index contributed by atoms with van der Waals surface area (Å²) in [5, 5.41) is 0. The highest BCUT2D eigenvalue weighted by molar-refractivity contribution is 4.84. The molecule has 2 nitrogen and oxygen atoms in total. The summed E-state index contributed by atoms with van der Waals surface area (Å²) in [5.74, 6) is 1.60. The first-order chi connectivity index (χ1) is 17.8. The highest BCUT2D eigenvalue weighted by atomic mass is 15.1. The molecule has 1 aromatic rings. The summed E-state index contributed by atoms with van der Waals surface area (Å²) in [6.07, 6.45) is 41.5. The third kappa shape index (κ3) is 18.5. The van der Waals surface area contributed by atoms with Gasteiger partial charge in [0.15, 0.2) is 0 Å². The van der Waals surface area contributed by atoms with Crippen LogP contribution in [0.2, 0.25) is 0 Å². The van der Waals surface area contributed by atoms with Crippen LogP contribution in [0.4, 0.5) is 0 Å². The number of aryl methyl sites for hydroxylation is 2. The Morgan fingerprint density at radius 3 is 1.33 bits per heavy atom. The van der Waals surface area contributed by atoms with Crippen molar-refractivity contribution in [3.05, 3.63) is 18.2 Å². The second kappa shape index (κ2) is 25.8. The third-order valence-corrected chi connectivity index (χ3v) is 8.10. The van der Waals surface area contributed by atoms with Gasteiger partial charge in [-0.25, -0.2) is 9.13 Å². The van der Waals surface area contributed by atoms with Gasteiger partial charge in [0.25, 0.3) is 5.82 Å². The zero-order valence-corrected chi connectivity index (χ0v) is 25.3. The van der Waals surface area contributed by atoms with Gasteiger partial charge in [0.05, 0.1) is 13.1 Å². The fourth-order valence-electron chi connectivity index (χ4n) is 5.62. The Morgan fingerprint density at radius 2 is 0.861 bits per heavy atom. The van der Waals surface area contributed by atoms with Crippen molar-refractivity contribution in [3.8, 4) is 0 Å². The average molecular weight is 504 g/mol. The van der Waals surface area contributed by atoms with Gasteiger partial charge in [-0.2, -0.15) is 0 Å². The van der Waals surface area contributed by atoms with E-state index in [0.717, 1.165) is 0 Å². The predicted molar refractivity (Wildman–Crippen MR) is 161 cm³/mol. The minimum atomic E-state index is 1.22. The van der Waals surface area contributed by atoms with Gasteiger partial charge in [-0.3, -0.25) is 0 Å². The summed E-state index contributed by atoms with van der Waals surface area (Å²) < 4.78 is 5.20. The molecule has 0 aliphatic heterocycles. The zero-order valence-electron chi connectivity index (χ0n) is 25.3. The van der Waals surface area contributed by atoms with Gasteiger partial charge in [-0.1, -0.05) is 149 Å². The minimum Gasteiger partial charge on any atom is -0.234 e. The fraction of sp³-hybridized carbons (Fsp3) is 0.912. The number of rotatable bonds is 28. The van der Waals surface area contributed by atoms with Crippen LogP contribution in [0.15, 0.2) is 12.4 Å². The van der Waals surface area contributed by atoms with Crippen molar-refractivity contribution >= 4 is 0 Å². The lowest BCUT2D eigenvalue weighted by atomic mass is 10.0. The maximum absolute atomic E-state index is 2.60. The van der Waals surface area contributed by atoms with E-state index in [2.05, 4.69) is 42.3 Å². The molecule has 0 atom stereocenters. The van der Waals surface area contributed by atoms with Gasteiger partial charge in [0.2, 0.25) is 0 Å². The number of nitrogens with zero attached hydrogens (tertiary/aromatic N) is 2. The van der Waals surface area contributed by atoms with E-state index in [1.165, 1.54) is 180 Å². The number of unbranched alkanes of at least 4 members (excludes halogenated alkanes) is 22.